The molecule has 6 nitrogen and oxygen atoms in total. The Morgan fingerprint density at radius 3 is 2.25 bits per heavy atom. The molecule has 2 unspecified atom stereocenters. The van der Waals surface area contributed by atoms with Crippen LogP contribution in [0.25, 0.3) is 0 Å². The zero-order valence-electron chi connectivity index (χ0n) is 26.0. The Morgan fingerprint density at radius 2 is 1.62 bits per heavy atom. The summed E-state index contributed by atoms with van der Waals surface area (Å²) in [6.45, 7) is 19.4. The molecule has 0 aromatic heterocycles. The van der Waals surface area contributed by atoms with Crippen molar-refractivity contribution in [2.45, 2.75) is 118 Å². The predicted molar refractivity (Wildman–Crippen MR) is 154 cm³/mol. The molecule has 2 N–H and O–H groups in total. The number of ether oxygens (including phenoxy) is 1. The molecule has 1 heterocycles. The summed E-state index contributed by atoms with van der Waals surface area (Å²) in [5, 5.41) is 21.4. The molecule has 8 atom stereocenters. The van der Waals surface area contributed by atoms with Crippen LogP contribution in [0.3, 0.4) is 0 Å². The van der Waals surface area contributed by atoms with Gasteiger partial charge in [0.2, 0.25) is 0 Å². The third kappa shape index (κ3) is 3.15. The standard InChI is InChI=1S/C34H51NO5/c1-28(2)11-13-34(35-15-16-40-27(35)39)14-12-32(7)25(33(34,8)20-28)22(37)17-24-30(5)18-21(19-36)26(38)29(3,4)23(30)9-10-31(24,32)6/h17,19,23,25-26,36,38H,9-16,18,20H2,1-8H3/b21-19-/t23?,25-,26?,30-,31+,32+,33-,34-/m0/s1. The van der Waals surface area contributed by atoms with Crippen LogP contribution < -0.4 is 0 Å². The summed E-state index contributed by atoms with van der Waals surface area (Å²) < 4.78 is 5.52. The van der Waals surface area contributed by atoms with E-state index in [0.29, 0.717) is 25.1 Å². The molecule has 4 saturated carbocycles. The second-order valence-corrected chi connectivity index (χ2v) is 16.8. The van der Waals surface area contributed by atoms with E-state index < -0.39 is 11.5 Å². The maximum absolute atomic E-state index is 14.8. The molecular weight excluding hydrogens is 502 g/mol. The van der Waals surface area contributed by atoms with Gasteiger partial charge in [-0.1, -0.05) is 61.0 Å². The van der Waals surface area contributed by atoms with Crippen LogP contribution in [-0.2, 0) is 9.53 Å². The third-order valence-electron chi connectivity index (χ3n) is 14.2. The van der Waals surface area contributed by atoms with Crippen molar-refractivity contribution >= 4 is 11.9 Å². The molecule has 1 amide bonds. The fourth-order valence-electron chi connectivity index (χ4n) is 12.3. The lowest BCUT2D eigenvalue weighted by molar-refractivity contribution is -0.208. The smallest absolute Gasteiger partial charge is 0.410 e. The summed E-state index contributed by atoms with van der Waals surface area (Å²) in [6.07, 6.45) is 9.41. The maximum atomic E-state index is 14.8. The lowest BCUT2D eigenvalue weighted by atomic mass is 9.31. The second kappa shape index (κ2) is 8.17. The van der Waals surface area contributed by atoms with Crippen molar-refractivity contribution in [3.05, 3.63) is 23.5 Å². The first kappa shape index (κ1) is 28.3. The van der Waals surface area contributed by atoms with Gasteiger partial charge in [-0.05, 0) is 96.0 Å². The summed E-state index contributed by atoms with van der Waals surface area (Å²) in [4.78, 5) is 30.0. The molecule has 0 aromatic rings. The SMILES string of the molecule is CC1(C)CC[C@]2(N3CCOC3=O)CC[C@]3(C)[C@H](C(=O)C=C4[C@@]5(C)C/C(=C/O)C(O)C(C)(C)C5CC[C@]43C)[C@]2(C)C1. The Kier molecular flexibility index (Phi) is 5.78. The first-order valence-electron chi connectivity index (χ1n) is 15.7. The highest BCUT2D eigenvalue weighted by atomic mass is 16.6. The van der Waals surface area contributed by atoms with Crippen LogP contribution in [-0.4, -0.2) is 51.8 Å². The average molecular weight is 554 g/mol. The van der Waals surface area contributed by atoms with Crippen molar-refractivity contribution < 1.29 is 24.5 Å². The fraction of sp³-hybridized carbons (Fsp3) is 0.824. The summed E-state index contributed by atoms with van der Waals surface area (Å²) in [5.74, 6) is 0.232. The molecule has 0 aromatic carbocycles. The van der Waals surface area contributed by atoms with Crippen LogP contribution in [0.5, 0.6) is 0 Å². The fourth-order valence-corrected chi connectivity index (χ4v) is 12.3. The molecule has 6 heteroatoms. The zero-order valence-corrected chi connectivity index (χ0v) is 26.0. The lowest BCUT2D eigenvalue weighted by Gasteiger charge is -2.73. The van der Waals surface area contributed by atoms with Crippen LogP contribution >= 0.6 is 0 Å². The maximum Gasteiger partial charge on any atom is 0.410 e. The van der Waals surface area contributed by atoms with E-state index in [1.54, 1.807) is 0 Å². The molecular formula is C34H51NO5. The van der Waals surface area contributed by atoms with E-state index in [2.05, 4.69) is 55.4 Å². The minimum Gasteiger partial charge on any atom is -0.516 e. The van der Waals surface area contributed by atoms with Gasteiger partial charge in [0.1, 0.15) is 6.61 Å². The number of fused-ring (bicyclic) bond motifs is 7. The van der Waals surface area contributed by atoms with Gasteiger partial charge in [-0.2, -0.15) is 0 Å². The minimum atomic E-state index is -0.693. The van der Waals surface area contributed by atoms with Crippen molar-refractivity contribution in [1.82, 2.24) is 4.90 Å². The van der Waals surface area contributed by atoms with E-state index in [1.165, 1.54) is 5.57 Å². The molecule has 0 radical (unpaired) electrons. The number of allylic oxidation sites excluding steroid dienone is 2. The number of hydrogen-bond acceptors (Lipinski definition) is 5. The Balaban J connectivity index is 1.53. The molecule has 5 fully saturated rings. The summed E-state index contributed by atoms with van der Waals surface area (Å²) in [7, 11) is 0. The van der Waals surface area contributed by atoms with Crippen LogP contribution in [0.15, 0.2) is 23.5 Å². The van der Waals surface area contributed by atoms with Crippen molar-refractivity contribution in [1.29, 1.82) is 0 Å². The Hall–Kier alpha value is -1.82. The monoisotopic (exact) mass is 553 g/mol. The molecule has 0 bridgehead atoms. The van der Waals surface area contributed by atoms with E-state index >= 15 is 0 Å². The van der Waals surface area contributed by atoms with Crippen LogP contribution in [0.4, 0.5) is 4.79 Å². The molecule has 6 rings (SSSR count). The average Bonchev–Trinajstić information content (AvgIpc) is 3.28. The first-order valence-corrected chi connectivity index (χ1v) is 15.7. The van der Waals surface area contributed by atoms with E-state index in [0.717, 1.165) is 51.2 Å². The summed E-state index contributed by atoms with van der Waals surface area (Å²) in [5.41, 5.74) is 0.0373. The molecule has 5 aliphatic carbocycles. The molecule has 222 valence electrons. The van der Waals surface area contributed by atoms with Crippen molar-refractivity contribution in [2.75, 3.05) is 13.2 Å². The van der Waals surface area contributed by atoms with Crippen LogP contribution in [0.2, 0.25) is 0 Å². The molecule has 1 saturated heterocycles. The highest BCUT2D eigenvalue weighted by Gasteiger charge is 2.74. The predicted octanol–water partition coefficient (Wildman–Crippen LogP) is 6.97. The van der Waals surface area contributed by atoms with Crippen molar-refractivity contribution in [3.8, 4) is 0 Å². The highest BCUT2D eigenvalue weighted by molar-refractivity contribution is 5.96. The number of carbonyl (C=O) groups is 2. The number of rotatable bonds is 1. The summed E-state index contributed by atoms with van der Waals surface area (Å²) in [6, 6.07) is 0. The first-order chi connectivity index (χ1) is 18.4. The number of aliphatic hydroxyl groups is 2. The van der Waals surface area contributed by atoms with Gasteiger partial charge >= 0.3 is 6.09 Å². The second-order valence-electron chi connectivity index (χ2n) is 16.8. The molecule has 6 aliphatic rings. The quantitative estimate of drug-likeness (QED) is 0.342. The van der Waals surface area contributed by atoms with Gasteiger partial charge in [0.15, 0.2) is 5.78 Å². The molecule has 1 aliphatic heterocycles. The van der Waals surface area contributed by atoms with Gasteiger partial charge in [0.05, 0.1) is 24.4 Å². The molecule has 0 spiro atoms. The number of cyclic esters (lactones) is 1. The van der Waals surface area contributed by atoms with E-state index in [9.17, 15) is 19.8 Å². The largest absolute Gasteiger partial charge is 0.516 e. The van der Waals surface area contributed by atoms with Crippen molar-refractivity contribution in [3.63, 3.8) is 0 Å². The number of aliphatic hydroxyl groups excluding tert-OH is 2. The van der Waals surface area contributed by atoms with Gasteiger partial charge in [0.25, 0.3) is 0 Å². The zero-order chi connectivity index (χ0) is 29.3. The van der Waals surface area contributed by atoms with E-state index in [1.807, 2.05) is 11.0 Å². The number of ketones is 1. The number of hydrogen-bond donors (Lipinski definition) is 2. The van der Waals surface area contributed by atoms with Crippen LogP contribution in [0, 0.1) is 44.3 Å². The van der Waals surface area contributed by atoms with Gasteiger partial charge in [-0.25, -0.2) is 4.79 Å². The lowest BCUT2D eigenvalue weighted by Crippen LogP contribution is -2.74. The topological polar surface area (TPSA) is 87.1 Å². The third-order valence-corrected chi connectivity index (χ3v) is 14.2. The normalized spacial score (nSPS) is 50.3. The summed E-state index contributed by atoms with van der Waals surface area (Å²) >= 11 is 0. The van der Waals surface area contributed by atoms with Gasteiger partial charge < -0.3 is 14.9 Å². The van der Waals surface area contributed by atoms with Gasteiger partial charge in [0, 0.05) is 11.3 Å². The number of amides is 1. The van der Waals surface area contributed by atoms with Crippen molar-refractivity contribution in [2.24, 2.45) is 44.3 Å². The Morgan fingerprint density at radius 1 is 0.950 bits per heavy atom. The number of carbonyl (C=O) groups excluding carboxylic acids is 2. The Bertz CT molecular complexity index is 1220. The van der Waals surface area contributed by atoms with Gasteiger partial charge in [-0.15, -0.1) is 0 Å². The van der Waals surface area contributed by atoms with Gasteiger partial charge in [-0.3, -0.25) is 9.69 Å². The van der Waals surface area contributed by atoms with E-state index in [-0.39, 0.29) is 56.3 Å². The molecule has 40 heavy (non-hydrogen) atoms. The Labute approximate surface area is 240 Å². The minimum absolute atomic E-state index is 0.0826. The van der Waals surface area contributed by atoms with E-state index in [4.69, 9.17) is 4.74 Å². The number of nitrogens with zero attached hydrogens (tertiary/aromatic N) is 1. The highest BCUT2D eigenvalue weighted by Crippen LogP contribution is 2.77. The van der Waals surface area contributed by atoms with Crippen LogP contribution in [0.1, 0.15) is 107 Å².